The lowest BCUT2D eigenvalue weighted by Crippen LogP contribution is -2.05. The van der Waals surface area contributed by atoms with Gasteiger partial charge < -0.3 is 9.47 Å². The highest BCUT2D eigenvalue weighted by Gasteiger charge is 2.04. The Hall–Kier alpha value is -1.29. The predicted octanol–water partition coefficient (Wildman–Crippen LogP) is 3.59. The molecular formula is C13H16ClFO3. The van der Waals surface area contributed by atoms with Crippen molar-refractivity contribution in [1.29, 1.82) is 0 Å². The van der Waals surface area contributed by atoms with Crippen LogP contribution in [0.2, 0.25) is 5.02 Å². The van der Waals surface area contributed by atoms with Crippen molar-refractivity contribution in [2.24, 2.45) is 0 Å². The third-order valence-corrected chi connectivity index (χ3v) is 2.54. The zero-order chi connectivity index (χ0) is 13.4. The van der Waals surface area contributed by atoms with Gasteiger partial charge in [0.25, 0.3) is 0 Å². The molecule has 0 atom stereocenters. The average Bonchev–Trinajstić information content (AvgIpc) is 2.33. The van der Waals surface area contributed by atoms with Crippen LogP contribution in [0.15, 0.2) is 18.2 Å². The molecule has 0 saturated carbocycles. The van der Waals surface area contributed by atoms with Crippen molar-refractivity contribution in [1.82, 2.24) is 0 Å². The second-order valence-electron chi connectivity index (χ2n) is 3.69. The summed E-state index contributed by atoms with van der Waals surface area (Å²) in [6, 6.07) is 3.97. The fourth-order valence-corrected chi connectivity index (χ4v) is 1.55. The Labute approximate surface area is 111 Å². The Morgan fingerprint density at radius 3 is 2.89 bits per heavy atom. The summed E-state index contributed by atoms with van der Waals surface area (Å²) >= 11 is 5.83. The van der Waals surface area contributed by atoms with E-state index in [-0.39, 0.29) is 11.8 Å². The van der Waals surface area contributed by atoms with Crippen LogP contribution in [0.5, 0.6) is 5.75 Å². The molecule has 0 aliphatic rings. The van der Waals surface area contributed by atoms with E-state index in [1.807, 2.05) is 0 Å². The molecule has 0 aliphatic heterocycles. The molecule has 0 saturated heterocycles. The first kappa shape index (κ1) is 14.8. The third-order valence-electron chi connectivity index (χ3n) is 2.23. The number of halogens is 2. The quantitative estimate of drug-likeness (QED) is 0.563. The maximum absolute atomic E-state index is 12.9. The van der Waals surface area contributed by atoms with Gasteiger partial charge in [0.15, 0.2) is 0 Å². The zero-order valence-corrected chi connectivity index (χ0v) is 11.0. The molecule has 0 unspecified atom stereocenters. The zero-order valence-electron chi connectivity index (χ0n) is 10.2. The molecule has 0 aliphatic carbocycles. The Morgan fingerprint density at radius 1 is 1.39 bits per heavy atom. The molecule has 0 amide bonds. The molecule has 0 N–H and O–H groups in total. The number of hydrogen-bond acceptors (Lipinski definition) is 3. The number of unbranched alkanes of at least 4 members (excludes halogenated alkanes) is 1. The number of benzene rings is 1. The molecule has 18 heavy (non-hydrogen) atoms. The van der Waals surface area contributed by atoms with Crippen LogP contribution in [0.3, 0.4) is 0 Å². The molecule has 1 aromatic carbocycles. The van der Waals surface area contributed by atoms with Gasteiger partial charge in [-0.1, -0.05) is 11.6 Å². The number of ether oxygens (including phenoxy) is 2. The second-order valence-corrected chi connectivity index (χ2v) is 4.09. The highest BCUT2D eigenvalue weighted by Crippen LogP contribution is 2.25. The van der Waals surface area contributed by atoms with Gasteiger partial charge in [-0.15, -0.1) is 0 Å². The lowest BCUT2D eigenvalue weighted by molar-refractivity contribution is -0.143. The van der Waals surface area contributed by atoms with Gasteiger partial charge in [0.1, 0.15) is 11.6 Å². The lowest BCUT2D eigenvalue weighted by atomic mass is 10.2. The number of esters is 1. The maximum Gasteiger partial charge on any atom is 0.305 e. The first-order valence-electron chi connectivity index (χ1n) is 5.87. The van der Waals surface area contributed by atoms with Crippen LogP contribution in [0, 0.1) is 5.82 Å². The summed E-state index contributed by atoms with van der Waals surface area (Å²) in [4.78, 5) is 11.0. The minimum absolute atomic E-state index is 0.207. The summed E-state index contributed by atoms with van der Waals surface area (Å²) in [6.45, 7) is 2.56. The van der Waals surface area contributed by atoms with Crippen molar-refractivity contribution in [3.8, 4) is 5.75 Å². The summed E-state index contributed by atoms with van der Waals surface area (Å²) in [5, 5.41) is 0.377. The van der Waals surface area contributed by atoms with Gasteiger partial charge in [-0.2, -0.15) is 0 Å². The summed E-state index contributed by atoms with van der Waals surface area (Å²) in [6.07, 6.45) is 1.73. The molecule has 0 radical (unpaired) electrons. The van der Waals surface area contributed by atoms with Crippen molar-refractivity contribution in [2.75, 3.05) is 13.2 Å². The smallest absolute Gasteiger partial charge is 0.305 e. The lowest BCUT2D eigenvalue weighted by Gasteiger charge is -2.07. The molecule has 100 valence electrons. The van der Waals surface area contributed by atoms with Crippen LogP contribution >= 0.6 is 11.6 Å². The molecule has 0 aromatic heterocycles. The molecule has 0 heterocycles. The van der Waals surface area contributed by atoms with Crippen LogP contribution < -0.4 is 4.74 Å². The molecule has 0 spiro atoms. The highest BCUT2D eigenvalue weighted by atomic mass is 35.5. The summed E-state index contributed by atoms with van der Waals surface area (Å²) in [5.41, 5.74) is 0. The van der Waals surface area contributed by atoms with Gasteiger partial charge in [0.2, 0.25) is 0 Å². The molecular weight excluding hydrogens is 259 g/mol. The SMILES string of the molecule is CCOC(=O)CCCCOc1cc(F)ccc1Cl. The first-order valence-corrected chi connectivity index (χ1v) is 6.24. The minimum Gasteiger partial charge on any atom is -0.492 e. The van der Waals surface area contributed by atoms with Gasteiger partial charge >= 0.3 is 5.97 Å². The van der Waals surface area contributed by atoms with Crippen LogP contribution in [-0.2, 0) is 9.53 Å². The molecule has 0 bridgehead atoms. The molecule has 1 aromatic rings. The fourth-order valence-electron chi connectivity index (χ4n) is 1.37. The fraction of sp³-hybridized carbons (Fsp3) is 0.462. The molecule has 0 fully saturated rings. The number of carbonyl (C=O) groups is 1. The summed E-state index contributed by atoms with van der Waals surface area (Å²) in [5.74, 6) is -0.269. The van der Waals surface area contributed by atoms with E-state index >= 15 is 0 Å². The normalized spacial score (nSPS) is 10.2. The van der Waals surface area contributed by atoms with Crippen LogP contribution in [0.4, 0.5) is 4.39 Å². The Bertz CT molecular complexity index is 396. The number of hydrogen-bond donors (Lipinski definition) is 0. The van der Waals surface area contributed by atoms with E-state index in [2.05, 4.69) is 0 Å². The van der Waals surface area contributed by atoms with E-state index in [4.69, 9.17) is 21.1 Å². The Kier molecular flexibility index (Phi) is 6.50. The topological polar surface area (TPSA) is 35.5 Å². The van der Waals surface area contributed by atoms with Gasteiger partial charge in [-0.05, 0) is 31.9 Å². The van der Waals surface area contributed by atoms with Crippen molar-refractivity contribution in [3.63, 3.8) is 0 Å². The molecule has 5 heteroatoms. The van der Waals surface area contributed by atoms with E-state index in [9.17, 15) is 9.18 Å². The molecule has 1 rings (SSSR count). The van der Waals surface area contributed by atoms with Crippen molar-refractivity contribution in [2.45, 2.75) is 26.2 Å². The number of rotatable bonds is 7. The largest absolute Gasteiger partial charge is 0.492 e. The van der Waals surface area contributed by atoms with Crippen LogP contribution in [0.1, 0.15) is 26.2 Å². The Balaban J connectivity index is 2.21. The Morgan fingerprint density at radius 2 is 2.17 bits per heavy atom. The van der Waals surface area contributed by atoms with E-state index in [1.165, 1.54) is 18.2 Å². The van der Waals surface area contributed by atoms with Gasteiger partial charge in [-0.3, -0.25) is 4.79 Å². The maximum atomic E-state index is 12.9. The summed E-state index contributed by atoms with van der Waals surface area (Å²) < 4.78 is 23.0. The van der Waals surface area contributed by atoms with E-state index < -0.39 is 0 Å². The highest BCUT2D eigenvalue weighted by molar-refractivity contribution is 6.32. The van der Waals surface area contributed by atoms with Crippen molar-refractivity contribution < 1.29 is 18.7 Å². The van der Waals surface area contributed by atoms with Crippen molar-refractivity contribution >= 4 is 17.6 Å². The standard InChI is InChI=1S/C13H16ClFO3/c1-2-17-13(16)5-3-4-8-18-12-9-10(15)6-7-11(12)14/h6-7,9H,2-5,8H2,1H3. The summed E-state index contributed by atoms with van der Waals surface area (Å²) in [7, 11) is 0. The van der Waals surface area contributed by atoms with E-state index in [0.29, 0.717) is 43.2 Å². The minimum atomic E-state index is -0.388. The van der Waals surface area contributed by atoms with Crippen LogP contribution in [0.25, 0.3) is 0 Å². The van der Waals surface area contributed by atoms with Crippen LogP contribution in [-0.4, -0.2) is 19.2 Å². The second kappa shape index (κ2) is 7.93. The van der Waals surface area contributed by atoms with E-state index in [0.717, 1.165) is 0 Å². The predicted molar refractivity (Wildman–Crippen MR) is 67.4 cm³/mol. The first-order chi connectivity index (χ1) is 8.63. The number of carbonyl (C=O) groups excluding carboxylic acids is 1. The average molecular weight is 275 g/mol. The van der Waals surface area contributed by atoms with E-state index in [1.54, 1.807) is 6.92 Å². The third kappa shape index (κ3) is 5.36. The van der Waals surface area contributed by atoms with Gasteiger partial charge in [0.05, 0.1) is 18.2 Å². The van der Waals surface area contributed by atoms with Gasteiger partial charge in [0, 0.05) is 12.5 Å². The van der Waals surface area contributed by atoms with Crippen molar-refractivity contribution in [3.05, 3.63) is 29.0 Å². The monoisotopic (exact) mass is 274 g/mol. The van der Waals surface area contributed by atoms with Gasteiger partial charge in [-0.25, -0.2) is 4.39 Å². The molecule has 3 nitrogen and oxygen atoms in total.